The van der Waals surface area contributed by atoms with E-state index >= 15 is 0 Å². The fourth-order valence-corrected chi connectivity index (χ4v) is 3.28. The predicted octanol–water partition coefficient (Wildman–Crippen LogP) is 3.31. The quantitative estimate of drug-likeness (QED) is 0.725. The van der Waals surface area contributed by atoms with Crippen LogP contribution in [0.3, 0.4) is 0 Å². The van der Waals surface area contributed by atoms with Gasteiger partial charge in [-0.25, -0.2) is 9.97 Å². The number of hydrogen-bond donors (Lipinski definition) is 0. The average Bonchev–Trinajstić information content (AvgIpc) is 2.60. The molecule has 24 heavy (non-hydrogen) atoms. The molecule has 5 nitrogen and oxygen atoms in total. The lowest BCUT2D eigenvalue weighted by molar-refractivity contribution is -0.00536. The van der Waals surface area contributed by atoms with E-state index in [1.165, 1.54) is 0 Å². The van der Waals surface area contributed by atoms with Crippen molar-refractivity contribution in [2.24, 2.45) is 0 Å². The average molecular weight is 320 g/mol. The lowest BCUT2D eigenvalue weighted by Gasteiger charge is -2.36. The first-order valence-corrected chi connectivity index (χ1v) is 8.28. The molecule has 0 aliphatic carbocycles. The minimum atomic E-state index is 0.185. The predicted molar refractivity (Wildman–Crippen MR) is 95.0 cm³/mol. The van der Waals surface area contributed by atoms with Crippen LogP contribution in [0.2, 0.25) is 0 Å². The molecule has 1 aromatic carbocycles. The fraction of sp³-hybridized carbons (Fsp3) is 0.316. The molecule has 0 amide bonds. The van der Waals surface area contributed by atoms with Crippen molar-refractivity contribution in [3.05, 3.63) is 48.8 Å². The summed E-state index contributed by atoms with van der Waals surface area (Å²) in [6.45, 7) is 5.87. The molecule has 0 N–H and O–H groups in total. The first kappa shape index (κ1) is 15.0. The van der Waals surface area contributed by atoms with Crippen molar-refractivity contribution in [2.45, 2.75) is 26.1 Å². The second-order valence-corrected chi connectivity index (χ2v) is 6.29. The molecule has 2 aromatic heterocycles. The van der Waals surface area contributed by atoms with Crippen LogP contribution in [-0.2, 0) is 4.74 Å². The third kappa shape index (κ3) is 2.83. The van der Waals surface area contributed by atoms with Crippen molar-refractivity contribution in [1.82, 2.24) is 15.0 Å². The molecule has 0 saturated carbocycles. The molecule has 1 aliphatic heterocycles. The highest BCUT2D eigenvalue weighted by molar-refractivity contribution is 5.91. The second kappa shape index (κ2) is 6.17. The Hall–Kier alpha value is -2.53. The highest BCUT2D eigenvalue weighted by Crippen LogP contribution is 2.29. The van der Waals surface area contributed by atoms with Gasteiger partial charge < -0.3 is 9.64 Å². The van der Waals surface area contributed by atoms with Crippen LogP contribution >= 0.6 is 0 Å². The summed E-state index contributed by atoms with van der Waals surface area (Å²) in [5.41, 5.74) is 1.88. The highest BCUT2D eigenvalue weighted by Gasteiger charge is 2.25. The van der Waals surface area contributed by atoms with Crippen LogP contribution < -0.4 is 4.90 Å². The van der Waals surface area contributed by atoms with Crippen LogP contribution in [0.25, 0.3) is 22.3 Å². The van der Waals surface area contributed by atoms with Crippen LogP contribution in [0.1, 0.15) is 13.8 Å². The molecule has 3 aromatic rings. The number of morpholine rings is 1. The Morgan fingerprint density at radius 3 is 2.54 bits per heavy atom. The van der Waals surface area contributed by atoms with Crippen molar-refractivity contribution in [3.8, 4) is 11.4 Å². The fourth-order valence-electron chi connectivity index (χ4n) is 3.28. The second-order valence-electron chi connectivity index (χ2n) is 6.29. The molecule has 122 valence electrons. The summed E-state index contributed by atoms with van der Waals surface area (Å²) in [6, 6.07) is 12.1. The number of nitrogens with zero attached hydrogens (tertiary/aromatic N) is 4. The lowest BCUT2D eigenvalue weighted by atomic mass is 10.1. The van der Waals surface area contributed by atoms with Gasteiger partial charge in [-0.3, -0.25) is 4.98 Å². The summed E-state index contributed by atoms with van der Waals surface area (Å²) < 4.78 is 5.87. The third-order valence-electron chi connectivity index (χ3n) is 4.22. The van der Waals surface area contributed by atoms with Gasteiger partial charge in [0.05, 0.1) is 17.7 Å². The maximum atomic E-state index is 5.87. The number of aromatic nitrogens is 3. The minimum Gasteiger partial charge on any atom is -0.372 e. The molecule has 3 heterocycles. The Morgan fingerprint density at radius 2 is 1.79 bits per heavy atom. The van der Waals surface area contributed by atoms with Gasteiger partial charge in [-0.2, -0.15) is 0 Å². The molecule has 0 bridgehead atoms. The Morgan fingerprint density at radius 1 is 1.00 bits per heavy atom. The molecule has 0 spiro atoms. The van der Waals surface area contributed by atoms with E-state index < -0.39 is 0 Å². The van der Waals surface area contributed by atoms with Gasteiger partial charge in [-0.05, 0) is 38.1 Å². The zero-order valence-corrected chi connectivity index (χ0v) is 13.9. The topological polar surface area (TPSA) is 51.1 Å². The number of fused-ring (bicyclic) bond motifs is 1. The summed E-state index contributed by atoms with van der Waals surface area (Å²) in [7, 11) is 0. The maximum absolute atomic E-state index is 5.87. The summed E-state index contributed by atoms with van der Waals surface area (Å²) >= 11 is 0. The van der Waals surface area contributed by atoms with Gasteiger partial charge in [0.15, 0.2) is 5.82 Å². The van der Waals surface area contributed by atoms with Gasteiger partial charge in [0, 0.05) is 36.4 Å². The Kier molecular flexibility index (Phi) is 3.86. The van der Waals surface area contributed by atoms with Gasteiger partial charge >= 0.3 is 0 Å². The number of rotatable bonds is 2. The van der Waals surface area contributed by atoms with Crippen molar-refractivity contribution < 1.29 is 4.74 Å². The molecular formula is C19H20N4O. The number of pyridine rings is 1. The van der Waals surface area contributed by atoms with E-state index in [1.807, 2.05) is 30.3 Å². The first-order chi connectivity index (χ1) is 11.7. The Balaban J connectivity index is 1.87. The molecule has 5 heteroatoms. The minimum absolute atomic E-state index is 0.185. The zero-order valence-electron chi connectivity index (χ0n) is 13.9. The standard InChI is InChI=1S/C19H20N4O/c1-13-11-23(12-14(2)24-13)19-16-7-3-4-8-17(16)21-18(22-19)15-6-5-9-20-10-15/h3-10,13-14H,11-12H2,1-2H3/t13-,14-/m0/s1. The van der Waals surface area contributed by atoms with E-state index in [-0.39, 0.29) is 12.2 Å². The van der Waals surface area contributed by atoms with Crippen LogP contribution in [0.15, 0.2) is 48.8 Å². The number of ether oxygens (including phenoxy) is 1. The summed E-state index contributed by atoms with van der Waals surface area (Å²) in [6.07, 6.45) is 3.93. The SMILES string of the molecule is C[C@H]1CN(c2nc(-c3cccnc3)nc3ccccc23)C[C@H](C)O1. The van der Waals surface area contributed by atoms with Crippen LogP contribution in [0.4, 0.5) is 5.82 Å². The molecule has 0 radical (unpaired) electrons. The van der Waals surface area contributed by atoms with Crippen molar-refractivity contribution in [3.63, 3.8) is 0 Å². The summed E-state index contributed by atoms with van der Waals surface area (Å²) in [5, 5.41) is 1.08. The highest BCUT2D eigenvalue weighted by atomic mass is 16.5. The number of hydrogen-bond acceptors (Lipinski definition) is 5. The van der Waals surface area contributed by atoms with Gasteiger partial charge in [-0.15, -0.1) is 0 Å². The zero-order chi connectivity index (χ0) is 16.5. The van der Waals surface area contributed by atoms with Crippen LogP contribution in [-0.4, -0.2) is 40.2 Å². The van der Waals surface area contributed by atoms with Gasteiger partial charge in [0.2, 0.25) is 0 Å². The Bertz CT molecular complexity index is 842. The third-order valence-corrected chi connectivity index (χ3v) is 4.22. The van der Waals surface area contributed by atoms with E-state index in [0.717, 1.165) is 35.4 Å². The van der Waals surface area contributed by atoms with Gasteiger partial charge in [0.1, 0.15) is 5.82 Å². The lowest BCUT2D eigenvalue weighted by Crippen LogP contribution is -2.46. The number of benzene rings is 1. The molecule has 4 rings (SSSR count). The molecule has 2 atom stereocenters. The van der Waals surface area contributed by atoms with E-state index in [9.17, 15) is 0 Å². The van der Waals surface area contributed by atoms with Crippen molar-refractivity contribution in [1.29, 1.82) is 0 Å². The molecule has 1 fully saturated rings. The van der Waals surface area contributed by atoms with E-state index in [4.69, 9.17) is 14.7 Å². The molecule has 1 saturated heterocycles. The van der Waals surface area contributed by atoms with Gasteiger partial charge in [0.25, 0.3) is 0 Å². The Labute approximate surface area is 141 Å². The first-order valence-electron chi connectivity index (χ1n) is 8.28. The van der Waals surface area contributed by atoms with Crippen molar-refractivity contribution in [2.75, 3.05) is 18.0 Å². The summed E-state index contributed by atoms with van der Waals surface area (Å²) in [5.74, 6) is 1.69. The largest absolute Gasteiger partial charge is 0.372 e. The molecule has 0 unspecified atom stereocenters. The monoisotopic (exact) mass is 320 g/mol. The number of anilines is 1. The van der Waals surface area contributed by atoms with Crippen molar-refractivity contribution >= 4 is 16.7 Å². The summed E-state index contributed by atoms with van der Waals surface area (Å²) in [4.78, 5) is 16.1. The molecular weight excluding hydrogens is 300 g/mol. The van der Waals surface area contributed by atoms with E-state index in [0.29, 0.717) is 5.82 Å². The van der Waals surface area contributed by atoms with Crippen LogP contribution in [0, 0.1) is 0 Å². The van der Waals surface area contributed by atoms with Gasteiger partial charge in [-0.1, -0.05) is 12.1 Å². The normalized spacial score (nSPS) is 21.2. The number of para-hydroxylation sites is 1. The molecule has 1 aliphatic rings. The maximum Gasteiger partial charge on any atom is 0.163 e. The van der Waals surface area contributed by atoms with E-state index in [1.54, 1.807) is 12.4 Å². The smallest absolute Gasteiger partial charge is 0.163 e. The van der Waals surface area contributed by atoms with E-state index in [2.05, 4.69) is 29.8 Å². The van der Waals surface area contributed by atoms with Crippen LogP contribution in [0.5, 0.6) is 0 Å².